The molecule has 4 heterocycles. The van der Waals surface area contributed by atoms with E-state index in [1.54, 1.807) is 21.7 Å². The van der Waals surface area contributed by atoms with Gasteiger partial charge in [-0.2, -0.15) is 15.3 Å². The predicted octanol–water partition coefficient (Wildman–Crippen LogP) is 1.49. The average molecular weight is 367 g/mol. The first-order chi connectivity index (χ1) is 13.0. The molecule has 0 aliphatic carbocycles. The highest BCUT2D eigenvalue weighted by molar-refractivity contribution is 5.94. The maximum Gasteiger partial charge on any atom is 0.272 e. The van der Waals surface area contributed by atoms with E-state index < -0.39 is 0 Å². The molecule has 9 heteroatoms. The Morgan fingerprint density at radius 3 is 2.70 bits per heavy atom. The van der Waals surface area contributed by atoms with Crippen molar-refractivity contribution in [1.82, 2.24) is 35.1 Å². The predicted molar refractivity (Wildman–Crippen MR) is 98.1 cm³/mol. The Balaban J connectivity index is 1.62. The molecular formula is C18H21N7O2. The lowest BCUT2D eigenvalue weighted by molar-refractivity contribution is 0.0726. The number of aromatic amines is 2. The normalized spacial score (nSPS) is 16.9. The number of amides is 1. The smallest absolute Gasteiger partial charge is 0.272 e. The van der Waals surface area contributed by atoms with Crippen molar-refractivity contribution in [2.24, 2.45) is 7.05 Å². The highest BCUT2D eigenvalue weighted by Crippen LogP contribution is 2.32. The van der Waals surface area contributed by atoms with Crippen LogP contribution < -0.4 is 5.56 Å². The van der Waals surface area contributed by atoms with E-state index in [0.29, 0.717) is 23.6 Å². The molecule has 1 atom stereocenters. The molecule has 9 nitrogen and oxygen atoms in total. The minimum atomic E-state index is -0.255. The van der Waals surface area contributed by atoms with Gasteiger partial charge >= 0.3 is 0 Å². The van der Waals surface area contributed by atoms with Gasteiger partial charge in [0, 0.05) is 30.9 Å². The monoisotopic (exact) mass is 367 g/mol. The zero-order valence-electron chi connectivity index (χ0n) is 15.5. The Hall–Kier alpha value is -3.23. The lowest BCUT2D eigenvalue weighted by atomic mass is 10.1. The fourth-order valence-electron chi connectivity index (χ4n) is 3.72. The lowest BCUT2D eigenvalue weighted by Crippen LogP contribution is -2.31. The molecule has 3 aromatic rings. The Morgan fingerprint density at radius 1 is 1.22 bits per heavy atom. The summed E-state index contributed by atoms with van der Waals surface area (Å²) in [7, 11) is 1.89. The number of aryl methyl sites for hydroxylation is 2. The van der Waals surface area contributed by atoms with Crippen molar-refractivity contribution in [2.75, 3.05) is 6.54 Å². The summed E-state index contributed by atoms with van der Waals surface area (Å²) >= 11 is 0. The van der Waals surface area contributed by atoms with Crippen molar-refractivity contribution in [3.8, 4) is 11.3 Å². The van der Waals surface area contributed by atoms with E-state index >= 15 is 0 Å². The van der Waals surface area contributed by atoms with Crippen LogP contribution in [0.15, 0.2) is 23.0 Å². The summed E-state index contributed by atoms with van der Waals surface area (Å²) in [6.45, 7) is 4.55. The van der Waals surface area contributed by atoms with Gasteiger partial charge in [0.1, 0.15) is 5.69 Å². The van der Waals surface area contributed by atoms with Gasteiger partial charge in [-0.25, -0.2) is 5.10 Å². The number of nitrogens with zero attached hydrogens (tertiary/aromatic N) is 5. The molecule has 1 saturated heterocycles. The summed E-state index contributed by atoms with van der Waals surface area (Å²) < 4.78 is 1.80. The van der Waals surface area contributed by atoms with Crippen LogP contribution in [0, 0.1) is 13.8 Å². The van der Waals surface area contributed by atoms with Gasteiger partial charge in [0.05, 0.1) is 23.1 Å². The third kappa shape index (κ3) is 2.94. The largest absolute Gasteiger partial charge is 0.329 e. The second-order valence-corrected chi connectivity index (χ2v) is 6.84. The van der Waals surface area contributed by atoms with Gasteiger partial charge in [-0.1, -0.05) is 0 Å². The number of rotatable bonds is 3. The molecular weight excluding hydrogens is 346 g/mol. The first kappa shape index (κ1) is 17.2. The van der Waals surface area contributed by atoms with Gasteiger partial charge in [-0.05, 0) is 38.8 Å². The van der Waals surface area contributed by atoms with Crippen molar-refractivity contribution in [3.63, 3.8) is 0 Å². The second-order valence-electron chi connectivity index (χ2n) is 6.84. The third-order valence-electron chi connectivity index (χ3n) is 5.13. The van der Waals surface area contributed by atoms with Crippen LogP contribution in [0.3, 0.4) is 0 Å². The van der Waals surface area contributed by atoms with E-state index in [1.165, 1.54) is 6.07 Å². The van der Waals surface area contributed by atoms with E-state index in [4.69, 9.17) is 0 Å². The zero-order valence-corrected chi connectivity index (χ0v) is 15.5. The molecule has 1 unspecified atom stereocenters. The average Bonchev–Trinajstić information content (AvgIpc) is 3.36. The first-order valence-corrected chi connectivity index (χ1v) is 8.88. The molecule has 4 rings (SSSR count). The molecule has 0 spiro atoms. The van der Waals surface area contributed by atoms with Gasteiger partial charge in [0.2, 0.25) is 0 Å². The van der Waals surface area contributed by atoms with Crippen LogP contribution in [-0.4, -0.2) is 47.5 Å². The van der Waals surface area contributed by atoms with E-state index in [1.807, 2.05) is 20.9 Å². The first-order valence-electron chi connectivity index (χ1n) is 8.88. The van der Waals surface area contributed by atoms with Crippen LogP contribution in [0.1, 0.15) is 46.5 Å². The maximum atomic E-state index is 13.1. The van der Waals surface area contributed by atoms with Crippen LogP contribution in [0.25, 0.3) is 11.3 Å². The van der Waals surface area contributed by atoms with Crippen LogP contribution in [-0.2, 0) is 7.05 Å². The topological polar surface area (TPSA) is 113 Å². The van der Waals surface area contributed by atoms with E-state index in [2.05, 4.69) is 25.5 Å². The van der Waals surface area contributed by atoms with Crippen molar-refractivity contribution in [3.05, 3.63) is 51.3 Å². The van der Waals surface area contributed by atoms with Gasteiger partial charge in [0.25, 0.3) is 11.5 Å². The molecule has 27 heavy (non-hydrogen) atoms. The molecule has 0 radical (unpaired) electrons. The van der Waals surface area contributed by atoms with E-state index in [9.17, 15) is 9.59 Å². The highest BCUT2D eigenvalue weighted by Gasteiger charge is 2.32. The van der Waals surface area contributed by atoms with Gasteiger partial charge in [-0.3, -0.25) is 19.4 Å². The summed E-state index contributed by atoms with van der Waals surface area (Å²) in [4.78, 5) is 26.1. The van der Waals surface area contributed by atoms with Crippen molar-refractivity contribution in [1.29, 1.82) is 0 Å². The molecule has 1 aliphatic rings. The molecule has 0 saturated carbocycles. The van der Waals surface area contributed by atoms with Crippen molar-refractivity contribution >= 4 is 5.91 Å². The maximum absolute atomic E-state index is 13.1. The number of H-pyrrole nitrogens is 2. The fourth-order valence-corrected chi connectivity index (χ4v) is 3.72. The second kappa shape index (κ2) is 6.49. The molecule has 0 bridgehead atoms. The van der Waals surface area contributed by atoms with Crippen LogP contribution in [0.5, 0.6) is 0 Å². The summed E-state index contributed by atoms with van der Waals surface area (Å²) in [5.41, 5.74) is 4.39. The van der Waals surface area contributed by atoms with Crippen LogP contribution in [0.4, 0.5) is 0 Å². The highest BCUT2D eigenvalue weighted by atomic mass is 16.2. The molecule has 2 N–H and O–H groups in total. The lowest BCUT2D eigenvalue weighted by Gasteiger charge is -2.23. The summed E-state index contributed by atoms with van der Waals surface area (Å²) in [5.74, 6) is -0.122. The number of nitrogens with one attached hydrogen (secondary N) is 2. The quantitative estimate of drug-likeness (QED) is 0.728. The van der Waals surface area contributed by atoms with Crippen molar-refractivity contribution < 1.29 is 4.79 Å². The third-order valence-corrected chi connectivity index (χ3v) is 5.13. The van der Waals surface area contributed by atoms with Crippen LogP contribution >= 0.6 is 0 Å². The number of hydrogen-bond acceptors (Lipinski definition) is 5. The van der Waals surface area contributed by atoms with Crippen molar-refractivity contribution in [2.45, 2.75) is 32.7 Å². The Bertz CT molecular complexity index is 1040. The number of aromatic nitrogens is 6. The molecule has 1 aliphatic heterocycles. The summed E-state index contributed by atoms with van der Waals surface area (Å²) in [6, 6.07) is 4.74. The SMILES string of the molecule is Cc1nn(C)c(C)c1-c1cc(C(=O)N2CCCC2c2ccc(=O)[nH]n2)[nH]n1. The fraction of sp³-hybridized carbons (Fsp3) is 0.389. The summed E-state index contributed by atoms with van der Waals surface area (Å²) in [5, 5.41) is 18.2. The molecule has 0 aromatic carbocycles. The Kier molecular flexibility index (Phi) is 4.14. The van der Waals surface area contributed by atoms with Crippen LogP contribution in [0.2, 0.25) is 0 Å². The number of likely N-dealkylation sites (tertiary alicyclic amines) is 1. The standard InChI is InChI=1S/C18H21N7O2/c1-10-17(11(2)24(3)23-10)13-9-14(21-20-13)18(27)25-8-4-5-15(25)12-6-7-16(26)22-19-12/h6-7,9,15H,4-5,8H2,1-3H3,(H,20,21)(H,22,26). The molecule has 1 fully saturated rings. The minimum Gasteiger partial charge on any atom is -0.329 e. The van der Waals surface area contributed by atoms with E-state index in [0.717, 1.165) is 29.8 Å². The molecule has 1 amide bonds. The number of carbonyl (C=O) groups is 1. The zero-order chi connectivity index (χ0) is 19.1. The summed E-state index contributed by atoms with van der Waals surface area (Å²) in [6.07, 6.45) is 1.70. The minimum absolute atomic E-state index is 0.122. The Morgan fingerprint density at radius 2 is 2.04 bits per heavy atom. The van der Waals surface area contributed by atoms with E-state index in [-0.39, 0.29) is 17.5 Å². The number of hydrogen-bond donors (Lipinski definition) is 2. The molecule has 140 valence electrons. The number of carbonyl (C=O) groups excluding carboxylic acids is 1. The van der Waals surface area contributed by atoms with Gasteiger partial charge < -0.3 is 4.90 Å². The van der Waals surface area contributed by atoms with Gasteiger partial charge in [0.15, 0.2) is 0 Å². The Labute approximate surface area is 155 Å². The molecule has 3 aromatic heterocycles. The van der Waals surface area contributed by atoms with Gasteiger partial charge in [-0.15, -0.1) is 0 Å².